The zero-order chi connectivity index (χ0) is 16.5. The third kappa shape index (κ3) is 2.76. The Morgan fingerprint density at radius 2 is 2.25 bits per heavy atom. The van der Waals surface area contributed by atoms with Crippen molar-refractivity contribution in [2.24, 2.45) is 0 Å². The van der Waals surface area contributed by atoms with Gasteiger partial charge in [-0.25, -0.2) is 9.78 Å². The third-order valence-corrected chi connectivity index (χ3v) is 5.79. The highest BCUT2D eigenvalue weighted by atomic mass is 32.1. The molecule has 0 unspecified atom stereocenters. The van der Waals surface area contributed by atoms with Gasteiger partial charge in [0.1, 0.15) is 16.0 Å². The molecule has 3 heterocycles. The van der Waals surface area contributed by atoms with Gasteiger partial charge in [-0.3, -0.25) is 0 Å². The summed E-state index contributed by atoms with van der Waals surface area (Å²) in [6, 6.07) is 3.88. The van der Waals surface area contributed by atoms with Crippen molar-refractivity contribution in [3.05, 3.63) is 34.3 Å². The Kier molecular flexibility index (Phi) is 4.15. The molecule has 1 aliphatic rings. The Morgan fingerprint density at radius 1 is 1.33 bits per heavy atom. The number of likely N-dealkylation sites (tertiary alicyclic amines) is 1. The predicted molar refractivity (Wildman–Crippen MR) is 96.6 cm³/mol. The lowest BCUT2D eigenvalue weighted by Crippen LogP contribution is -2.41. The van der Waals surface area contributed by atoms with Crippen LogP contribution in [-0.4, -0.2) is 31.2 Å². The number of fused-ring (bicyclic) bond motifs is 1. The van der Waals surface area contributed by atoms with Crippen molar-refractivity contribution in [2.75, 3.05) is 11.9 Å². The van der Waals surface area contributed by atoms with Gasteiger partial charge < -0.3 is 10.2 Å². The Balaban J connectivity index is 1.62. The van der Waals surface area contributed by atoms with Gasteiger partial charge in [0, 0.05) is 18.1 Å². The van der Waals surface area contributed by atoms with Gasteiger partial charge in [-0.1, -0.05) is 6.07 Å². The zero-order valence-corrected chi connectivity index (χ0v) is 14.9. The molecule has 1 atom stereocenters. The third-order valence-electron chi connectivity index (χ3n) is 4.37. The molecule has 124 valence electrons. The average molecular weight is 359 g/mol. The van der Waals surface area contributed by atoms with E-state index in [9.17, 15) is 4.79 Å². The molecule has 8 heteroatoms. The van der Waals surface area contributed by atoms with Gasteiger partial charge >= 0.3 is 6.03 Å². The SMILES string of the molecule is Cc1ccc2nsnc2c1NC(=O)N1CCCC[C@@H]1c1nccs1. The molecule has 0 radical (unpaired) electrons. The predicted octanol–water partition coefficient (Wildman–Crippen LogP) is 4.22. The second-order valence-corrected chi connectivity index (χ2v) is 7.35. The van der Waals surface area contributed by atoms with Crippen molar-refractivity contribution in [2.45, 2.75) is 32.2 Å². The van der Waals surface area contributed by atoms with Crippen LogP contribution in [0.2, 0.25) is 0 Å². The summed E-state index contributed by atoms with van der Waals surface area (Å²) in [7, 11) is 0. The minimum absolute atomic E-state index is 0.0619. The monoisotopic (exact) mass is 359 g/mol. The number of nitrogens with zero attached hydrogens (tertiary/aromatic N) is 4. The number of aryl methyl sites for hydroxylation is 1. The van der Waals surface area contributed by atoms with Gasteiger partial charge in [-0.05, 0) is 37.8 Å². The van der Waals surface area contributed by atoms with E-state index in [0.29, 0.717) is 0 Å². The number of nitrogens with one attached hydrogen (secondary N) is 1. The number of piperidine rings is 1. The number of hydrogen-bond donors (Lipinski definition) is 1. The minimum Gasteiger partial charge on any atom is -0.315 e. The van der Waals surface area contributed by atoms with E-state index in [2.05, 4.69) is 19.0 Å². The molecule has 0 bridgehead atoms. The largest absolute Gasteiger partial charge is 0.322 e. The molecular weight excluding hydrogens is 342 g/mol. The molecule has 0 aliphatic carbocycles. The summed E-state index contributed by atoms with van der Waals surface area (Å²) >= 11 is 2.77. The molecular formula is C16H17N5OS2. The number of carbonyl (C=O) groups excluding carboxylic acids is 1. The molecule has 1 aliphatic heterocycles. The van der Waals surface area contributed by atoms with Gasteiger partial charge in [-0.15, -0.1) is 11.3 Å². The Hall–Kier alpha value is -2.06. The van der Waals surface area contributed by atoms with Crippen LogP contribution in [0.3, 0.4) is 0 Å². The molecule has 0 spiro atoms. The van der Waals surface area contributed by atoms with E-state index >= 15 is 0 Å². The fourth-order valence-corrected chi connectivity index (χ4v) is 4.45. The lowest BCUT2D eigenvalue weighted by Gasteiger charge is -2.34. The van der Waals surface area contributed by atoms with Gasteiger partial charge in [0.15, 0.2) is 0 Å². The normalized spacial score (nSPS) is 18.0. The van der Waals surface area contributed by atoms with Crippen LogP contribution in [0.4, 0.5) is 10.5 Å². The van der Waals surface area contributed by atoms with E-state index < -0.39 is 0 Å². The molecule has 4 rings (SSSR count). The summed E-state index contributed by atoms with van der Waals surface area (Å²) in [5.41, 5.74) is 3.33. The maximum Gasteiger partial charge on any atom is 0.322 e. The van der Waals surface area contributed by atoms with Crippen molar-refractivity contribution in [1.29, 1.82) is 0 Å². The second-order valence-electron chi connectivity index (χ2n) is 5.89. The fraction of sp³-hybridized carbons (Fsp3) is 0.375. The van der Waals surface area contributed by atoms with E-state index in [1.807, 2.05) is 29.3 Å². The maximum absolute atomic E-state index is 12.9. The summed E-state index contributed by atoms with van der Waals surface area (Å²) in [5, 5.41) is 6.04. The highest BCUT2D eigenvalue weighted by molar-refractivity contribution is 7.09. The number of aromatic nitrogens is 3. The van der Waals surface area contributed by atoms with Crippen LogP contribution in [0.25, 0.3) is 11.0 Å². The number of benzene rings is 1. The highest BCUT2D eigenvalue weighted by Crippen LogP contribution is 2.33. The molecule has 24 heavy (non-hydrogen) atoms. The highest BCUT2D eigenvalue weighted by Gasteiger charge is 2.30. The molecule has 3 aromatic rings. The van der Waals surface area contributed by atoms with Crippen molar-refractivity contribution >= 4 is 45.8 Å². The Morgan fingerprint density at radius 3 is 3.08 bits per heavy atom. The summed E-state index contributed by atoms with van der Waals surface area (Å²) in [5.74, 6) is 0. The van der Waals surface area contributed by atoms with Crippen LogP contribution in [0.1, 0.15) is 35.9 Å². The number of thiazole rings is 1. The van der Waals surface area contributed by atoms with Crippen molar-refractivity contribution in [3.8, 4) is 0 Å². The first-order valence-corrected chi connectivity index (χ1v) is 9.54. The number of urea groups is 1. The molecule has 2 aromatic heterocycles. The van der Waals surface area contributed by atoms with Crippen LogP contribution in [-0.2, 0) is 0 Å². The maximum atomic E-state index is 12.9. The van der Waals surface area contributed by atoms with Crippen LogP contribution < -0.4 is 5.32 Å². The van der Waals surface area contributed by atoms with Crippen molar-refractivity contribution < 1.29 is 4.79 Å². The van der Waals surface area contributed by atoms with E-state index in [1.54, 1.807) is 17.5 Å². The Bertz CT molecular complexity index is 861. The van der Waals surface area contributed by atoms with E-state index in [-0.39, 0.29) is 12.1 Å². The molecule has 2 amide bonds. The van der Waals surface area contributed by atoms with E-state index in [1.165, 1.54) is 0 Å². The molecule has 1 fully saturated rings. The lowest BCUT2D eigenvalue weighted by atomic mass is 10.0. The van der Waals surface area contributed by atoms with Crippen LogP contribution >= 0.6 is 23.1 Å². The van der Waals surface area contributed by atoms with Crippen molar-refractivity contribution in [1.82, 2.24) is 18.6 Å². The van der Waals surface area contributed by atoms with Crippen LogP contribution in [0, 0.1) is 6.92 Å². The number of anilines is 1. The number of carbonyl (C=O) groups is 1. The zero-order valence-electron chi connectivity index (χ0n) is 13.2. The summed E-state index contributed by atoms with van der Waals surface area (Å²) in [6.07, 6.45) is 4.91. The van der Waals surface area contributed by atoms with Gasteiger partial charge in [0.2, 0.25) is 0 Å². The lowest BCUT2D eigenvalue weighted by molar-refractivity contribution is 0.163. The summed E-state index contributed by atoms with van der Waals surface area (Å²) in [4.78, 5) is 19.3. The van der Waals surface area contributed by atoms with Crippen molar-refractivity contribution in [3.63, 3.8) is 0 Å². The number of hydrogen-bond acceptors (Lipinski definition) is 6. The molecule has 1 saturated heterocycles. The molecule has 1 N–H and O–H groups in total. The van der Waals surface area contributed by atoms with Gasteiger partial charge in [-0.2, -0.15) is 8.75 Å². The van der Waals surface area contributed by atoms with E-state index in [0.717, 1.165) is 64.8 Å². The first kappa shape index (κ1) is 15.5. The molecule has 6 nitrogen and oxygen atoms in total. The first-order chi connectivity index (χ1) is 11.7. The molecule has 1 aromatic carbocycles. The second kappa shape index (κ2) is 6.45. The summed E-state index contributed by atoms with van der Waals surface area (Å²) < 4.78 is 8.59. The van der Waals surface area contributed by atoms with Crippen LogP contribution in [0.5, 0.6) is 0 Å². The molecule has 0 saturated carbocycles. The van der Waals surface area contributed by atoms with Gasteiger partial charge in [0.05, 0.1) is 23.5 Å². The fourth-order valence-electron chi connectivity index (χ4n) is 3.12. The first-order valence-electron chi connectivity index (χ1n) is 7.93. The summed E-state index contributed by atoms with van der Waals surface area (Å²) in [6.45, 7) is 2.73. The van der Waals surface area contributed by atoms with Crippen LogP contribution in [0.15, 0.2) is 23.7 Å². The standard InChI is InChI=1S/C16H17N5OS2/c1-10-5-6-11-14(20-24-19-11)13(10)18-16(22)21-8-3-2-4-12(21)15-17-7-9-23-15/h5-7,9,12H,2-4,8H2,1H3,(H,18,22)/t12-/m1/s1. The quantitative estimate of drug-likeness (QED) is 0.744. The number of rotatable bonds is 2. The van der Waals surface area contributed by atoms with E-state index in [4.69, 9.17) is 0 Å². The topological polar surface area (TPSA) is 71.0 Å². The average Bonchev–Trinajstić information content (AvgIpc) is 3.28. The minimum atomic E-state index is -0.0847. The van der Waals surface area contributed by atoms with Gasteiger partial charge in [0.25, 0.3) is 0 Å². The Labute approximate surface area is 147 Å². The smallest absolute Gasteiger partial charge is 0.315 e. The number of amides is 2.